The van der Waals surface area contributed by atoms with Crippen LogP contribution in [0.3, 0.4) is 0 Å². The number of ether oxygens (including phenoxy) is 2. The number of fused-ring (bicyclic) bond motifs is 1. The van der Waals surface area contributed by atoms with Crippen LogP contribution in [0.25, 0.3) is 16.5 Å². The maximum Gasteiger partial charge on any atom is 0.335 e. The topological polar surface area (TPSA) is 65.7 Å². The SMILES string of the molecule is C=CC(=O)Oc1ccc2oc(C3=CC=C(OC)CC3)cc(=O)c2c1. The minimum atomic E-state index is -0.580. The van der Waals surface area contributed by atoms with Crippen LogP contribution >= 0.6 is 0 Å². The fraction of sp³-hybridized carbons (Fsp3) is 0.158. The van der Waals surface area contributed by atoms with Crippen LogP contribution in [-0.2, 0) is 9.53 Å². The molecule has 24 heavy (non-hydrogen) atoms. The summed E-state index contributed by atoms with van der Waals surface area (Å²) in [5, 5.41) is 0.359. The van der Waals surface area contributed by atoms with E-state index in [1.165, 1.54) is 12.1 Å². The van der Waals surface area contributed by atoms with Gasteiger partial charge in [0.25, 0.3) is 0 Å². The number of rotatable bonds is 4. The van der Waals surface area contributed by atoms with Gasteiger partial charge in [-0.1, -0.05) is 12.7 Å². The first kappa shape index (κ1) is 15.8. The molecule has 3 rings (SSSR count). The van der Waals surface area contributed by atoms with Crippen LogP contribution in [0.5, 0.6) is 5.75 Å². The second kappa shape index (κ2) is 6.58. The number of esters is 1. The molecular weight excluding hydrogens is 308 g/mol. The number of methoxy groups -OCH3 is 1. The third-order valence-corrected chi connectivity index (χ3v) is 3.77. The van der Waals surface area contributed by atoms with Crippen molar-refractivity contribution >= 4 is 22.5 Å². The van der Waals surface area contributed by atoms with Gasteiger partial charge in [0.05, 0.1) is 18.3 Å². The van der Waals surface area contributed by atoms with Gasteiger partial charge in [0, 0.05) is 18.6 Å². The van der Waals surface area contributed by atoms with Gasteiger partial charge in [-0.15, -0.1) is 0 Å². The Hall–Kier alpha value is -3.08. The summed E-state index contributed by atoms with van der Waals surface area (Å²) in [7, 11) is 1.64. The van der Waals surface area contributed by atoms with E-state index in [1.807, 2.05) is 12.2 Å². The average Bonchev–Trinajstić information content (AvgIpc) is 2.62. The Labute approximate surface area is 138 Å². The van der Waals surface area contributed by atoms with Crippen molar-refractivity contribution in [1.29, 1.82) is 0 Å². The molecule has 1 aliphatic carbocycles. The zero-order valence-electron chi connectivity index (χ0n) is 13.2. The third kappa shape index (κ3) is 3.15. The molecule has 5 heteroatoms. The Bertz CT molecular complexity index is 930. The largest absolute Gasteiger partial charge is 0.501 e. The molecule has 2 aromatic rings. The monoisotopic (exact) mass is 324 g/mol. The van der Waals surface area contributed by atoms with Gasteiger partial charge in [-0.05, 0) is 36.3 Å². The lowest BCUT2D eigenvalue weighted by atomic mass is 10.0. The summed E-state index contributed by atoms with van der Waals surface area (Å²) in [6.07, 6.45) is 6.34. The van der Waals surface area contributed by atoms with Crippen molar-refractivity contribution in [2.24, 2.45) is 0 Å². The molecule has 122 valence electrons. The summed E-state index contributed by atoms with van der Waals surface area (Å²) in [5.41, 5.74) is 1.19. The van der Waals surface area contributed by atoms with E-state index in [4.69, 9.17) is 13.9 Å². The minimum Gasteiger partial charge on any atom is -0.501 e. The predicted octanol–water partition coefficient (Wildman–Crippen LogP) is 3.59. The van der Waals surface area contributed by atoms with Crippen molar-refractivity contribution < 1.29 is 18.7 Å². The lowest BCUT2D eigenvalue weighted by Gasteiger charge is -2.13. The number of benzene rings is 1. The molecule has 0 radical (unpaired) electrons. The number of carbonyl (C=O) groups is 1. The Morgan fingerprint density at radius 2 is 2.08 bits per heavy atom. The van der Waals surface area contributed by atoms with Gasteiger partial charge in [-0.2, -0.15) is 0 Å². The van der Waals surface area contributed by atoms with Crippen molar-refractivity contribution in [3.8, 4) is 5.75 Å². The van der Waals surface area contributed by atoms with Gasteiger partial charge >= 0.3 is 5.97 Å². The molecule has 1 heterocycles. The van der Waals surface area contributed by atoms with Crippen molar-refractivity contribution in [3.05, 3.63) is 70.8 Å². The molecule has 0 spiro atoms. The molecule has 1 aliphatic rings. The Morgan fingerprint density at radius 3 is 2.75 bits per heavy atom. The smallest absolute Gasteiger partial charge is 0.335 e. The van der Waals surface area contributed by atoms with Gasteiger partial charge in [0.1, 0.15) is 17.1 Å². The van der Waals surface area contributed by atoms with Crippen LogP contribution < -0.4 is 10.2 Å². The molecule has 0 unspecified atom stereocenters. The normalized spacial score (nSPS) is 13.9. The van der Waals surface area contributed by atoms with Gasteiger partial charge in [0.15, 0.2) is 5.43 Å². The number of carbonyl (C=O) groups excluding carboxylic acids is 1. The Balaban J connectivity index is 2.00. The second-order valence-corrected chi connectivity index (χ2v) is 5.29. The standard InChI is InChI=1S/C19H16O5/c1-3-19(21)23-14-8-9-17-15(10-14)16(20)11-18(24-17)12-4-6-13(22-2)7-5-12/h3-4,6,8-11H,1,5,7H2,2H3. The highest BCUT2D eigenvalue weighted by molar-refractivity contribution is 5.85. The summed E-state index contributed by atoms with van der Waals surface area (Å²) < 4.78 is 16.1. The van der Waals surface area contributed by atoms with E-state index in [0.29, 0.717) is 16.7 Å². The summed E-state index contributed by atoms with van der Waals surface area (Å²) in [5.74, 6) is 1.13. The lowest BCUT2D eigenvalue weighted by molar-refractivity contribution is -0.128. The fourth-order valence-electron chi connectivity index (χ4n) is 2.51. The molecule has 0 bridgehead atoms. The summed E-state index contributed by atoms with van der Waals surface area (Å²) in [6, 6.07) is 6.14. The highest BCUT2D eigenvalue weighted by atomic mass is 16.5. The first-order valence-corrected chi connectivity index (χ1v) is 7.47. The zero-order chi connectivity index (χ0) is 17.1. The van der Waals surface area contributed by atoms with Crippen molar-refractivity contribution in [3.63, 3.8) is 0 Å². The lowest BCUT2D eigenvalue weighted by Crippen LogP contribution is -2.06. The van der Waals surface area contributed by atoms with E-state index in [2.05, 4.69) is 6.58 Å². The Morgan fingerprint density at radius 1 is 1.25 bits per heavy atom. The molecule has 1 aromatic carbocycles. The maximum absolute atomic E-state index is 12.4. The van der Waals surface area contributed by atoms with E-state index in [1.54, 1.807) is 19.2 Å². The van der Waals surface area contributed by atoms with Crippen molar-refractivity contribution in [1.82, 2.24) is 0 Å². The maximum atomic E-state index is 12.4. The number of allylic oxidation sites excluding steroid dienone is 4. The van der Waals surface area contributed by atoms with Crippen LogP contribution in [0, 0.1) is 0 Å². The van der Waals surface area contributed by atoms with E-state index < -0.39 is 5.97 Å². The first-order chi connectivity index (χ1) is 11.6. The van der Waals surface area contributed by atoms with Crippen molar-refractivity contribution in [2.45, 2.75) is 12.8 Å². The van der Waals surface area contributed by atoms with Gasteiger partial charge in [-0.25, -0.2) is 4.79 Å². The van der Waals surface area contributed by atoms with E-state index in [-0.39, 0.29) is 11.2 Å². The quantitative estimate of drug-likeness (QED) is 0.488. The zero-order valence-corrected chi connectivity index (χ0v) is 13.2. The van der Waals surface area contributed by atoms with Crippen LogP contribution in [0.4, 0.5) is 0 Å². The molecule has 5 nitrogen and oxygen atoms in total. The summed E-state index contributed by atoms with van der Waals surface area (Å²) >= 11 is 0. The molecule has 0 N–H and O–H groups in total. The fourth-order valence-corrected chi connectivity index (χ4v) is 2.51. The highest BCUT2D eigenvalue weighted by Crippen LogP contribution is 2.28. The highest BCUT2D eigenvalue weighted by Gasteiger charge is 2.14. The molecule has 0 fully saturated rings. The minimum absolute atomic E-state index is 0.190. The summed E-state index contributed by atoms with van der Waals surface area (Å²) in [6.45, 7) is 3.34. The van der Waals surface area contributed by atoms with Crippen LogP contribution in [0.15, 0.2) is 64.0 Å². The van der Waals surface area contributed by atoms with Crippen molar-refractivity contribution in [2.75, 3.05) is 7.11 Å². The average molecular weight is 324 g/mol. The second-order valence-electron chi connectivity index (χ2n) is 5.29. The summed E-state index contributed by atoms with van der Waals surface area (Å²) in [4.78, 5) is 23.6. The molecular formula is C19H16O5. The molecule has 0 saturated carbocycles. The Kier molecular flexibility index (Phi) is 4.33. The van der Waals surface area contributed by atoms with Crippen LogP contribution in [0.1, 0.15) is 18.6 Å². The molecule has 0 amide bonds. The first-order valence-electron chi connectivity index (χ1n) is 7.47. The molecule has 0 aliphatic heterocycles. The molecule has 0 saturated heterocycles. The van der Waals surface area contributed by atoms with Gasteiger partial charge < -0.3 is 13.9 Å². The van der Waals surface area contributed by atoms with Gasteiger partial charge in [0.2, 0.25) is 0 Å². The van der Waals surface area contributed by atoms with Crippen LogP contribution in [-0.4, -0.2) is 13.1 Å². The van der Waals surface area contributed by atoms with E-state index in [0.717, 1.165) is 30.2 Å². The van der Waals surface area contributed by atoms with E-state index >= 15 is 0 Å². The predicted molar refractivity (Wildman–Crippen MR) is 90.6 cm³/mol. The van der Waals surface area contributed by atoms with Gasteiger partial charge in [-0.3, -0.25) is 4.79 Å². The van der Waals surface area contributed by atoms with Crippen LogP contribution in [0.2, 0.25) is 0 Å². The number of hydrogen-bond acceptors (Lipinski definition) is 5. The molecule has 1 aromatic heterocycles. The number of hydrogen-bond donors (Lipinski definition) is 0. The third-order valence-electron chi connectivity index (χ3n) is 3.77. The molecule has 0 atom stereocenters. The van der Waals surface area contributed by atoms with E-state index in [9.17, 15) is 9.59 Å².